The van der Waals surface area contributed by atoms with E-state index in [1.807, 2.05) is 0 Å². The zero-order valence-electron chi connectivity index (χ0n) is 18.6. The van der Waals surface area contributed by atoms with Gasteiger partial charge in [0.15, 0.2) is 0 Å². The van der Waals surface area contributed by atoms with E-state index in [1.54, 1.807) is 31.2 Å². The Labute approximate surface area is 226 Å². The van der Waals surface area contributed by atoms with Crippen molar-refractivity contribution < 1.29 is 14.4 Å². The van der Waals surface area contributed by atoms with E-state index >= 15 is 0 Å². The van der Waals surface area contributed by atoms with Gasteiger partial charge in [0.1, 0.15) is 6.67 Å². The molecule has 2 aromatic carbocycles. The highest BCUT2D eigenvalue weighted by atomic mass is 79.9. The number of likely N-dealkylation sites (tertiary alicyclic amines) is 1. The van der Waals surface area contributed by atoms with Crippen LogP contribution in [-0.2, 0) is 9.59 Å². The van der Waals surface area contributed by atoms with Gasteiger partial charge in [-0.2, -0.15) is 0 Å². The van der Waals surface area contributed by atoms with E-state index in [4.69, 9.17) is 34.8 Å². The summed E-state index contributed by atoms with van der Waals surface area (Å²) >= 11 is 22.3. The normalized spacial score (nSPS) is 29.9. The maximum absolute atomic E-state index is 13.8. The monoisotopic (exact) mass is 592 g/mol. The first kappa shape index (κ1) is 23.5. The van der Waals surface area contributed by atoms with Gasteiger partial charge in [-0.1, -0.05) is 47.0 Å². The summed E-state index contributed by atoms with van der Waals surface area (Å²) in [5, 5.41) is 1.03. The molecule has 2 saturated carbocycles. The molecule has 1 heterocycles. The minimum absolute atomic E-state index is 0.107. The third kappa shape index (κ3) is 3.51. The lowest BCUT2D eigenvalue weighted by Gasteiger charge is -2.37. The number of anilines is 1. The molecule has 0 radical (unpaired) electrons. The maximum Gasteiger partial charge on any atom is 0.261 e. The zero-order valence-corrected chi connectivity index (χ0v) is 22.4. The molecule has 1 aliphatic heterocycles. The first-order valence-electron chi connectivity index (χ1n) is 11.4. The first-order valence-corrected chi connectivity index (χ1v) is 13.4. The molecule has 0 spiro atoms. The van der Waals surface area contributed by atoms with Gasteiger partial charge in [0, 0.05) is 9.50 Å². The van der Waals surface area contributed by atoms with Crippen LogP contribution in [0.2, 0.25) is 15.1 Å². The Kier molecular flexibility index (Phi) is 5.61. The molecule has 2 bridgehead atoms. The number of nitrogens with zero attached hydrogens (tertiary/aromatic N) is 2. The molecule has 4 aliphatic carbocycles. The van der Waals surface area contributed by atoms with Crippen molar-refractivity contribution in [3.8, 4) is 0 Å². The second-order valence-corrected chi connectivity index (χ2v) is 11.8. The molecular formula is C26H20BrCl3N2O3. The molecule has 9 heteroatoms. The van der Waals surface area contributed by atoms with Crippen LogP contribution in [0.4, 0.5) is 5.69 Å². The van der Waals surface area contributed by atoms with Crippen LogP contribution in [-0.4, -0.2) is 29.3 Å². The zero-order chi connectivity index (χ0) is 24.8. The summed E-state index contributed by atoms with van der Waals surface area (Å²) < 4.78 is 0.679. The molecule has 180 valence electrons. The van der Waals surface area contributed by atoms with Crippen LogP contribution in [0.25, 0.3) is 0 Å². The SMILES string of the molecule is Cc1c(N(CN2C(=O)C3C4C=CC(C5CC45)C3C2=O)C(=O)c2ccc(Cl)cc2Cl)ccc(Br)c1Cl. The molecule has 35 heavy (non-hydrogen) atoms. The van der Waals surface area contributed by atoms with Gasteiger partial charge < -0.3 is 0 Å². The van der Waals surface area contributed by atoms with E-state index in [-0.39, 0.29) is 52.7 Å². The number of imide groups is 1. The average molecular weight is 595 g/mol. The van der Waals surface area contributed by atoms with Crippen LogP contribution < -0.4 is 4.90 Å². The van der Waals surface area contributed by atoms with Gasteiger partial charge >= 0.3 is 0 Å². The summed E-state index contributed by atoms with van der Waals surface area (Å²) in [6.45, 7) is 1.58. The molecule has 3 fully saturated rings. The minimum Gasteiger partial charge on any atom is -0.289 e. The van der Waals surface area contributed by atoms with Gasteiger partial charge in [-0.05, 0) is 88.8 Å². The van der Waals surface area contributed by atoms with E-state index in [1.165, 1.54) is 15.9 Å². The molecule has 0 N–H and O–H groups in total. The summed E-state index contributed by atoms with van der Waals surface area (Å²) in [7, 11) is 0. The number of carbonyl (C=O) groups is 3. The lowest BCUT2D eigenvalue weighted by Crippen LogP contribution is -2.45. The highest BCUT2D eigenvalue weighted by molar-refractivity contribution is 9.10. The molecule has 6 unspecified atom stereocenters. The highest BCUT2D eigenvalue weighted by Gasteiger charge is 2.67. The van der Waals surface area contributed by atoms with Crippen molar-refractivity contribution in [2.45, 2.75) is 13.3 Å². The molecule has 1 saturated heterocycles. The summed E-state index contributed by atoms with van der Waals surface area (Å²) in [6, 6.07) is 8.09. The van der Waals surface area contributed by atoms with Gasteiger partial charge in [0.25, 0.3) is 5.91 Å². The summed E-state index contributed by atoms with van der Waals surface area (Å²) in [5.41, 5.74) is 1.35. The predicted molar refractivity (Wildman–Crippen MR) is 139 cm³/mol. The second kappa shape index (κ2) is 8.34. The number of allylic oxidation sites excluding steroid dienone is 2. The van der Waals surface area contributed by atoms with Crippen molar-refractivity contribution in [2.75, 3.05) is 11.6 Å². The molecule has 6 atom stereocenters. The van der Waals surface area contributed by atoms with E-state index in [0.717, 1.165) is 6.42 Å². The molecule has 5 aliphatic rings. The lowest BCUT2D eigenvalue weighted by atomic mass is 9.63. The quantitative estimate of drug-likeness (QED) is 0.305. The number of amides is 3. The van der Waals surface area contributed by atoms with Crippen molar-refractivity contribution in [1.82, 2.24) is 4.90 Å². The molecule has 0 aromatic heterocycles. The Balaban J connectivity index is 1.39. The topological polar surface area (TPSA) is 57.7 Å². The van der Waals surface area contributed by atoms with E-state index < -0.39 is 5.91 Å². The van der Waals surface area contributed by atoms with Gasteiger partial charge in [-0.15, -0.1) is 0 Å². The van der Waals surface area contributed by atoms with Crippen molar-refractivity contribution >= 4 is 74.1 Å². The molecular weight excluding hydrogens is 575 g/mol. The van der Waals surface area contributed by atoms with Crippen LogP contribution in [0.5, 0.6) is 0 Å². The maximum atomic E-state index is 13.8. The number of rotatable bonds is 4. The van der Waals surface area contributed by atoms with E-state index in [2.05, 4.69) is 28.1 Å². The number of benzene rings is 2. The first-order chi connectivity index (χ1) is 16.7. The fourth-order valence-corrected chi connectivity index (χ4v) is 7.37. The van der Waals surface area contributed by atoms with Crippen LogP contribution in [0, 0.1) is 42.4 Å². The smallest absolute Gasteiger partial charge is 0.261 e. The van der Waals surface area contributed by atoms with Crippen molar-refractivity contribution in [3.63, 3.8) is 0 Å². The molecule has 5 nitrogen and oxygen atoms in total. The largest absolute Gasteiger partial charge is 0.289 e. The third-order valence-corrected chi connectivity index (χ3v) is 9.97. The van der Waals surface area contributed by atoms with E-state index in [9.17, 15) is 14.4 Å². The van der Waals surface area contributed by atoms with Crippen LogP contribution >= 0.6 is 50.7 Å². The van der Waals surface area contributed by atoms with Crippen LogP contribution in [0.1, 0.15) is 22.3 Å². The minimum atomic E-state index is -0.451. The molecule has 7 rings (SSSR count). The average Bonchev–Trinajstić information content (AvgIpc) is 3.61. The summed E-state index contributed by atoms with van der Waals surface area (Å²) in [6.07, 6.45) is 5.35. The van der Waals surface area contributed by atoms with Crippen molar-refractivity contribution in [1.29, 1.82) is 0 Å². The van der Waals surface area contributed by atoms with Crippen molar-refractivity contribution in [3.05, 3.63) is 73.2 Å². The van der Waals surface area contributed by atoms with E-state index in [0.29, 0.717) is 37.6 Å². The van der Waals surface area contributed by atoms with Crippen LogP contribution in [0.3, 0.4) is 0 Å². The predicted octanol–water partition coefficient (Wildman–Crippen LogP) is 6.38. The third-order valence-electron chi connectivity index (χ3n) is 8.05. The van der Waals surface area contributed by atoms with Gasteiger partial charge in [0.05, 0.1) is 33.1 Å². The van der Waals surface area contributed by atoms with Crippen LogP contribution in [0.15, 0.2) is 47.0 Å². The lowest BCUT2D eigenvalue weighted by molar-refractivity contribution is -0.140. The Bertz CT molecular complexity index is 1310. The van der Waals surface area contributed by atoms with Crippen molar-refractivity contribution in [2.24, 2.45) is 35.5 Å². The number of halogens is 4. The standard InChI is InChI=1S/C26H20BrCl3N2O3/c1-11-20(7-6-18(27)23(11)30)31(24(33)15-3-2-12(28)8-19(15)29)10-32-25(34)21-13-4-5-14(17-9-16(13)17)22(21)26(32)35/h2-8,13-14,16-17,21-22H,9-10H2,1H3. The molecule has 2 aromatic rings. The fourth-order valence-electron chi connectivity index (χ4n) is 6.29. The highest BCUT2D eigenvalue weighted by Crippen LogP contribution is 2.65. The summed E-state index contributed by atoms with van der Waals surface area (Å²) in [4.78, 5) is 43.7. The molecule has 3 amide bonds. The van der Waals surface area contributed by atoms with Gasteiger partial charge in [-0.25, -0.2) is 0 Å². The fraction of sp³-hybridized carbons (Fsp3) is 0.346. The number of hydrogen-bond acceptors (Lipinski definition) is 3. The Morgan fingerprint density at radius 3 is 2.26 bits per heavy atom. The summed E-state index contributed by atoms with van der Waals surface area (Å²) in [5.74, 6) is -0.324. The second-order valence-electron chi connectivity index (χ2n) is 9.76. The number of hydrogen-bond donors (Lipinski definition) is 0. The Morgan fingerprint density at radius 1 is 1.03 bits per heavy atom. The van der Waals surface area contributed by atoms with Gasteiger partial charge in [-0.3, -0.25) is 24.2 Å². The van der Waals surface area contributed by atoms with Gasteiger partial charge in [0.2, 0.25) is 11.8 Å². The Hall–Kier alpha value is -1.86. The Morgan fingerprint density at radius 2 is 1.66 bits per heavy atom. The number of carbonyl (C=O) groups excluding carboxylic acids is 3.